The second-order valence-electron chi connectivity index (χ2n) is 8.57. The maximum atomic E-state index is 9.67. The molecule has 0 N–H and O–H groups in total. The summed E-state index contributed by atoms with van der Waals surface area (Å²) < 4.78 is 0. The van der Waals surface area contributed by atoms with Crippen LogP contribution in [0.1, 0.15) is 104 Å². The summed E-state index contributed by atoms with van der Waals surface area (Å²) in [5.41, 5.74) is -0.136. The predicted octanol–water partition coefficient (Wildman–Crippen LogP) is 7.43. The van der Waals surface area contributed by atoms with Gasteiger partial charge < -0.3 is 0 Å². The first kappa shape index (κ1) is 19.6. The van der Waals surface area contributed by atoms with Gasteiger partial charge in [0.05, 0.1) is 11.5 Å². The number of hydrogen-bond donors (Lipinski definition) is 0. The number of unbranched alkanes of at least 4 members (excludes halogenated alkanes) is 3. The molecule has 0 unspecified atom stereocenters. The molecular weight excluding hydrogens is 290 g/mol. The molecule has 0 aromatic carbocycles. The Morgan fingerprint density at radius 3 is 2.17 bits per heavy atom. The maximum absolute atomic E-state index is 9.67. The number of allylic oxidation sites excluding steroid dienone is 2. The van der Waals surface area contributed by atoms with Gasteiger partial charge in [0.2, 0.25) is 0 Å². The van der Waals surface area contributed by atoms with Crippen molar-refractivity contribution in [3.05, 3.63) is 12.2 Å². The van der Waals surface area contributed by atoms with Crippen molar-refractivity contribution in [1.82, 2.24) is 0 Å². The Morgan fingerprint density at radius 1 is 0.917 bits per heavy atom. The van der Waals surface area contributed by atoms with E-state index >= 15 is 0 Å². The van der Waals surface area contributed by atoms with Crippen molar-refractivity contribution in [3.8, 4) is 6.07 Å². The van der Waals surface area contributed by atoms with E-state index in [0.29, 0.717) is 0 Å². The van der Waals surface area contributed by atoms with Crippen LogP contribution in [0.3, 0.4) is 0 Å². The summed E-state index contributed by atoms with van der Waals surface area (Å²) in [7, 11) is 0. The van der Waals surface area contributed by atoms with Crippen molar-refractivity contribution in [2.45, 2.75) is 104 Å². The van der Waals surface area contributed by atoms with E-state index in [0.717, 1.165) is 37.0 Å². The largest absolute Gasteiger partial charge is 0.197 e. The van der Waals surface area contributed by atoms with Crippen LogP contribution in [-0.2, 0) is 0 Å². The minimum absolute atomic E-state index is 0.136. The molecule has 2 aliphatic rings. The number of nitriles is 1. The highest BCUT2D eigenvalue weighted by molar-refractivity contribution is 5.14. The van der Waals surface area contributed by atoms with Crippen LogP contribution in [0.15, 0.2) is 12.2 Å². The highest BCUT2D eigenvalue weighted by atomic mass is 14.4. The van der Waals surface area contributed by atoms with Crippen LogP contribution in [0.2, 0.25) is 0 Å². The van der Waals surface area contributed by atoms with Gasteiger partial charge in [-0.05, 0) is 62.7 Å². The highest BCUT2D eigenvalue weighted by Crippen LogP contribution is 2.46. The van der Waals surface area contributed by atoms with Crippen LogP contribution in [0, 0.1) is 34.5 Å². The fourth-order valence-electron chi connectivity index (χ4n) is 5.05. The number of nitrogens with zero attached hydrogens (tertiary/aromatic N) is 1. The third-order valence-electron chi connectivity index (χ3n) is 6.81. The molecule has 1 nitrogen and oxygen atoms in total. The second-order valence-corrected chi connectivity index (χ2v) is 8.57. The van der Waals surface area contributed by atoms with E-state index in [1.54, 1.807) is 0 Å². The molecule has 0 aromatic heterocycles. The summed E-state index contributed by atoms with van der Waals surface area (Å²) in [6.45, 7) is 4.51. The molecule has 0 bridgehead atoms. The van der Waals surface area contributed by atoms with Gasteiger partial charge in [0, 0.05) is 0 Å². The summed E-state index contributed by atoms with van der Waals surface area (Å²) in [6, 6.07) is 2.65. The molecule has 0 radical (unpaired) electrons. The van der Waals surface area contributed by atoms with Crippen molar-refractivity contribution in [2.75, 3.05) is 0 Å². The Labute approximate surface area is 150 Å². The third kappa shape index (κ3) is 5.65. The van der Waals surface area contributed by atoms with Crippen LogP contribution in [0.4, 0.5) is 0 Å². The van der Waals surface area contributed by atoms with E-state index < -0.39 is 0 Å². The first-order valence-electron chi connectivity index (χ1n) is 10.8. The van der Waals surface area contributed by atoms with Gasteiger partial charge in [0.15, 0.2) is 0 Å². The Hall–Kier alpha value is -0.770. The lowest BCUT2D eigenvalue weighted by atomic mass is 9.64. The zero-order valence-electron chi connectivity index (χ0n) is 16.2. The predicted molar refractivity (Wildman–Crippen MR) is 104 cm³/mol. The second kappa shape index (κ2) is 10.3. The molecule has 0 heterocycles. The van der Waals surface area contributed by atoms with E-state index in [1.165, 1.54) is 70.6 Å². The van der Waals surface area contributed by atoms with Gasteiger partial charge in [-0.15, -0.1) is 0 Å². The zero-order valence-corrected chi connectivity index (χ0v) is 16.2. The Morgan fingerprint density at radius 2 is 1.58 bits per heavy atom. The Balaban J connectivity index is 1.74. The molecule has 2 rings (SSSR count). The van der Waals surface area contributed by atoms with E-state index in [-0.39, 0.29) is 5.41 Å². The van der Waals surface area contributed by atoms with Crippen molar-refractivity contribution in [1.29, 1.82) is 5.26 Å². The summed E-state index contributed by atoms with van der Waals surface area (Å²) in [6.07, 6.45) is 23.2. The molecule has 2 fully saturated rings. The molecule has 0 atom stereocenters. The minimum atomic E-state index is -0.136. The van der Waals surface area contributed by atoms with Gasteiger partial charge in [-0.2, -0.15) is 5.26 Å². The molecule has 0 spiro atoms. The van der Waals surface area contributed by atoms with E-state index in [9.17, 15) is 5.26 Å². The maximum Gasteiger partial charge on any atom is 0.0753 e. The SMILES string of the molecule is CCCC=C[C@]1(C#N)CC[C@@H](C2CCC(CCCCC)CC2)CC1. The molecule has 24 heavy (non-hydrogen) atoms. The van der Waals surface area contributed by atoms with Crippen LogP contribution in [-0.4, -0.2) is 0 Å². The van der Waals surface area contributed by atoms with E-state index in [2.05, 4.69) is 32.1 Å². The fourth-order valence-corrected chi connectivity index (χ4v) is 5.05. The Bertz CT molecular complexity index is 400. The summed E-state index contributed by atoms with van der Waals surface area (Å²) in [5, 5.41) is 9.67. The van der Waals surface area contributed by atoms with Crippen LogP contribution < -0.4 is 0 Å². The van der Waals surface area contributed by atoms with E-state index in [4.69, 9.17) is 0 Å². The molecule has 0 amide bonds. The molecule has 2 saturated carbocycles. The molecular formula is C23H39N. The number of rotatable bonds is 8. The molecule has 0 saturated heterocycles. The average molecular weight is 330 g/mol. The average Bonchev–Trinajstić information content (AvgIpc) is 2.63. The molecule has 0 aromatic rings. The van der Waals surface area contributed by atoms with Gasteiger partial charge in [-0.3, -0.25) is 0 Å². The van der Waals surface area contributed by atoms with Gasteiger partial charge in [-0.1, -0.05) is 70.9 Å². The minimum Gasteiger partial charge on any atom is -0.197 e. The fraction of sp³-hybridized carbons (Fsp3) is 0.870. The lowest BCUT2D eigenvalue weighted by Gasteiger charge is -2.39. The quantitative estimate of drug-likeness (QED) is 0.335. The lowest BCUT2D eigenvalue weighted by molar-refractivity contribution is 0.136. The standard InChI is InChI=1S/C23H39N/c1-3-5-7-9-20-10-12-21(13-11-20)22-14-17-23(19-24,18-15-22)16-8-6-4-2/h8,16,20-22H,3-7,9-15,17-18H2,1-2H3/t20?,21?,22-,23+. The zero-order chi connectivity index (χ0) is 17.3. The summed E-state index contributed by atoms with van der Waals surface area (Å²) in [4.78, 5) is 0. The first-order chi connectivity index (χ1) is 11.7. The molecule has 0 aliphatic heterocycles. The smallest absolute Gasteiger partial charge is 0.0753 e. The summed E-state index contributed by atoms with van der Waals surface area (Å²) >= 11 is 0. The molecule has 1 heteroatoms. The lowest BCUT2D eigenvalue weighted by Crippen LogP contribution is -2.30. The van der Waals surface area contributed by atoms with Crippen LogP contribution in [0.25, 0.3) is 0 Å². The van der Waals surface area contributed by atoms with Gasteiger partial charge >= 0.3 is 0 Å². The normalized spacial score (nSPS) is 34.3. The molecule has 136 valence electrons. The van der Waals surface area contributed by atoms with Crippen molar-refractivity contribution in [2.24, 2.45) is 23.2 Å². The van der Waals surface area contributed by atoms with Crippen LogP contribution in [0.5, 0.6) is 0 Å². The topological polar surface area (TPSA) is 23.8 Å². The first-order valence-corrected chi connectivity index (χ1v) is 10.8. The van der Waals surface area contributed by atoms with Crippen molar-refractivity contribution < 1.29 is 0 Å². The third-order valence-corrected chi connectivity index (χ3v) is 6.81. The summed E-state index contributed by atoms with van der Waals surface area (Å²) in [5.74, 6) is 2.89. The van der Waals surface area contributed by atoms with Crippen LogP contribution >= 0.6 is 0 Å². The van der Waals surface area contributed by atoms with Gasteiger partial charge in [0.1, 0.15) is 0 Å². The van der Waals surface area contributed by atoms with E-state index in [1.807, 2.05) is 0 Å². The van der Waals surface area contributed by atoms with Crippen molar-refractivity contribution in [3.63, 3.8) is 0 Å². The highest BCUT2D eigenvalue weighted by Gasteiger charge is 2.37. The monoisotopic (exact) mass is 329 g/mol. The molecule has 2 aliphatic carbocycles. The van der Waals surface area contributed by atoms with Crippen molar-refractivity contribution >= 4 is 0 Å². The van der Waals surface area contributed by atoms with Gasteiger partial charge in [0.25, 0.3) is 0 Å². The Kier molecular flexibility index (Phi) is 8.37. The number of hydrogen-bond acceptors (Lipinski definition) is 1. The van der Waals surface area contributed by atoms with Gasteiger partial charge in [-0.25, -0.2) is 0 Å².